The number of nitrogens with zero attached hydrogens (tertiary/aromatic N) is 3. The summed E-state index contributed by atoms with van der Waals surface area (Å²) in [5.41, 5.74) is 0. The summed E-state index contributed by atoms with van der Waals surface area (Å²) in [5.74, 6) is 0.299. The monoisotopic (exact) mass is 330 g/mol. The number of aryl methyl sites for hydroxylation is 1. The predicted molar refractivity (Wildman–Crippen MR) is 79.2 cm³/mol. The standard InChI is InChI=1S/C11H18N6O2S2/c1-7(2)12-5-9-4-10(8(3)20-9)21(18,19)13-6-11-14-16-17-15-11/h4,7,12-13H,5-6H2,1-3H3,(H,14,15,16,17). The first kappa shape index (κ1) is 16.0. The Morgan fingerprint density at radius 2 is 2.14 bits per heavy atom. The fourth-order valence-corrected chi connectivity index (χ4v) is 4.24. The van der Waals surface area contributed by atoms with Gasteiger partial charge < -0.3 is 5.32 Å². The molecule has 0 spiro atoms. The van der Waals surface area contributed by atoms with Crippen molar-refractivity contribution in [2.75, 3.05) is 0 Å². The van der Waals surface area contributed by atoms with Gasteiger partial charge in [0.05, 0.1) is 11.4 Å². The number of rotatable bonds is 7. The molecule has 2 aromatic rings. The number of aromatic nitrogens is 4. The summed E-state index contributed by atoms with van der Waals surface area (Å²) in [4.78, 5) is 2.05. The van der Waals surface area contributed by atoms with Crippen LogP contribution in [0, 0.1) is 6.92 Å². The average Bonchev–Trinajstić information content (AvgIpc) is 3.03. The van der Waals surface area contributed by atoms with Crippen molar-refractivity contribution in [2.24, 2.45) is 0 Å². The van der Waals surface area contributed by atoms with Gasteiger partial charge in [0.15, 0.2) is 5.82 Å². The highest BCUT2D eigenvalue weighted by atomic mass is 32.2. The van der Waals surface area contributed by atoms with Gasteiger partial charge in [-0.25, -0.2) is 13.1 Å². The molecule has 0 bridgehead atoms. The zero-order chi connectivity index (χ0) is 15.5. The van der Waals surface area contributed by atoms with Crippen LogP contribution in [-0.4, -0.2) is 35.1 Å². The molecule has 0 aromatic carbocycles. The largest absolute Gasteiger partial charge is 0.310 e. The van der Waals surface area contributed by atoms with E-state index in [-0.39, 0.29) is 6.54 Å². The van der Waals surface area contributed by atoms with Crippen LogP contribution in [-0.2, 0) is 23.1 Å². The Labute approximate surface area is 127 Å². The van der Waals surface area contributed by atoms with E-state index < -0.39 is 10.0 Å². The van der Waals surface area contributed by atoms with E-state index in [1.807, 2.05) is 13.8 Å². The SMILES string of the molecule is Cc1sc(CNC(C)C)cc1S(=O)(=O)NCc1nn[nH]n1. The highest BCUT2D eigenvalue weighted by Gasteiger charge is 2.20. The maximum Gasteiger partial charge on any atom is 0.242 e. The summed E-state index contributed by atoms with van der Waals surface area (Å²) in [7, 11) is -3.57. The zero-order valence-corrected chi connectivity index (χ0v) is 13.7. The second-order valence-corrected chi connectivity index (χ2v) is 7.90. The van der Waals surface area contributed by atoms with Gasteiger partial charge in [0, 0.05) is 22.3 Å². The van der Waals surface area contributed by atoms with Crippen LogP contribution >= 0.6 is 11.3 Å². The Morgan fingerprint density at radius 3 is 2.76 bits per heavy atom. The average molecular weight is 330 g/mol. The van der Waals surface area contributed by atoms with E-state index in [0.29, 0.717) is 23.3 Å². The Hall–Kier alpha value is -1.36. The molecule has 0 radical (unpaired) electrons. The van der Waals surface area contributed by atoms with Gasteiger partial charge in [0.25, 0.3) is 0 Å². The molecule has 21 heavy (non-hydrogen) atoms. The van der Waals surface area contributed by atoms with Gasteiger partial charge in [-0.05, 0) is 13.0 Å². The lowest BCUT2D eigenvalue weighted by molar-refractivity contribution is 0.578. The zero-order valence-electron chi connectivity index (χ0n) is 12.0. The molecule has 0 saturated heterocycles. The molecule has 8 nitrogen and oxygen atoms in total. The molecule has 2 rings (SSSR count). The second-order valence-electron chi connectivity index (χ2n) is 4.82. The molecule has 0 amide bonds. The number of tetrazole rings is 1. The number of H-pyrrole nitrogens is 1. The van der Waals surface area contributed by atoms with E-state index in [9.17, 15) is 8.42 Å². The summed E-state index contributed by atoms with van der Waals surface area (Å²) in [6, 6.07) is 2.05. The molecule has 116 valence electrons. The molecule has 2 aromatic heterocycles. The van der Waals surface area contributed by atoms with Crippen LogP contribution in [0.4, 0.5) is 0 Å². The maximum atomic E-state index is 12.3. The molecular weight excluding hydrogens is 312 g/mol. The summed E-state index contributed by atoms with van der Waals surface area (Å²) in [5, 5.41) is 16.3. The first-order valence-corrected chi connectivity index (χ1v) is 8.73. The van der Waals surface area contributed by atoms with Crippen LogP contribution in [0.3, 0.4) is 0 Å². The smallest absolute Gasteiger partial charge is 0.242 e. The van der Waals surface area contributed by atoms with Gasteiger partial charge in [-0.2, -0.15) is 5.21 Å². The van der Waals surface area contributed by atoms with Crippen LogP contribution in [0.1, 0.15) is 29.4 Å². The van der Waals surface area contributed by atoms with E-state index in [4.69, 9.17) is 0 Å². The van der Waals surface area contributed by atoms with Gasteiger partial charge in [-0.15, -0.1) is 21.5 Å². The normalized spacial score (nSPS) is 12.2. The van der Waals surface area contributed by atoms with Crippen molar-refractivity contribution in [1.29, 1.82) is 0 Å². The number of thiophene rings is 1. The van der Waals surface area contributed by atoms with Crippen molar-refractivity contribution >= 4 is 21.4 Å². The number of nitrogens with one attached hydrogen (secondary N) is 3. The van der Waals surface area contributed by atoms with Crippen LogP contribution in [0.2, 0.25) is 0 Å². The third-order valence-corrected chi connectivity index (χ3v) is 5.41. The minimum Gasteiger partial charge on any atom is -0.310 e. The highest BCUT2D eigenvalue weighted by Crippen LogP contribution is 2.25. The minimum atomic E-state index is -3.57. The van der Waals surface area contributed by atoms with Crippen molar-refractivity contribution in [3.05, 3.63) is 21.6 Å². The second kappa shape index (κ2) is 6.60. The lowest BCUT2D eigenvalue weighted by atomic mass is 10.3. The molecule has 0 aliphatic rings. The van der Waals surface area contributed by atoms with Crippen molar-refractivity contribution in [1.82, 2.24) is 30.7 Å². The van der Waals surface area contributed by atoms with Gasteiger partial charge >= 0.3 is 0 Å². The Kier molecular flexibility index (Phi) is 5.04. The predicted octanol–water partition coefficient (Wildman–Crippen LogP) is 0.546. The number of hydrogen-bond donors (Lipinski definition) is 3. The molecule has 0 saturated carbocycles. The maximum absolute atomic E-state index is 12.3. The van der Waals surface area contributed by atoms with E-state index in [1.54, 1.807) is 13.0 Å². The first-order valence-electron chi connectivity index (χ1n) is 6.43. The Morgan fingerprint density at radius 1 is 1.38 bits per heavy atom. The molecule has 10 heteroatoms. The molecule has 0 fully saturated rings. The van der Waals surface area contributed by atoms with Gasteiger partial charge in [0.2, 0.25) is 10.0 Å². The number of sulfonamides is 1. The number of hydrogen-bond acceptors (Lipinski definition) is 7. The third-order valence-electron chi connectivity index (χ3n) is 2.71. The molecule has 2 heterocycles. The quantitative estimate of drug-likeness (QED) is 0.683. The lowest BCUT2D eigenvalue weighted by Gasteiger charge is -2.05. The molecule has 0 aliphatic heterocycles. The summed E-state index contributed by atoms with van der Waals surface area (Å²) in [6.45, 7) is 6.55. The lowest BCUT2D eigenvalue weighted by Crippen LogP contribution is -2.24. The van der Waals surface area contributed by atoms with E-state index in [2.05, 4.69) is 30.7 Å². The van der Waals surface area contributed by atoms with Crippen molar-refractivity contribution in [3.8, 4) is 0 Å². The van der Waals surface area contributed by atoms with Gasteiger partial charge in [-0.1, -0.05) is 19.1 Å². The summed E-state index contributed by atoms with van der Waals surface area (Å²) < 4.78 is 27.0. The number of aromatic amines is 1. The third kappa shape index (κ3) is 4.30. The fraction of sp³-hybridized carbons (Fsp3) is 0.545. The topological polar surface area (TPSA) is 113 Å². The first-order chi connectivity index (χ1) is 9.88. The fourth-order valence-electron chi connectivity index (χ4n) is 1.68. The van der Waals surface area contributed by atoms with E-state index >= 15 is 0 Å². The molecule has 0 aliphatic carbocycles. The molecule has 0 atom stereocenters. The van der Waals surface area contributed by atoms with Crippen LogP contribution in [0.5, 0.6) is 0 Å². The minimum absolute atomic E-state index is 0.00764. The molecular formula is C11H18N6O2S2. The Bertz CT molecular complexity index is 678. The van der Waals surface area contributed by atoms with Crippen LogP contribution < -0.4 is 10.0 Å². The van der Waals surface area contributed by atoms with Crippen molar-refractivity contribution in [2.45, 2.75) is 44.8 Å². The van der Waals surface area contributed by atoms with Gasteiger partial charge in [-0.3, -0.25) is 0 Å². The van der Waals surface area contributed by atoms with E-state index in [1.165, 1.54) is 11.3 Å². The summed E-state index contributed by atoms with van der Waals surface area (Å²) >= 11 is 1.48. The van der Waals surface area contributed by atoms with Crippen molar-refractivity contribution in [3.63, 3.8) is 0 Å². The molecule has 0 unspecified atom stereocenters. The molecule has 3 N–H and O–H groups in total. The van der Waals surface area contributed by atoms with Crippen LogP contribution in [0.15, 0.2) is 11.0 Å². The Balaban J connectivity index is 2.08. The van der Waals surface area contributed by atoms with E-state index in [0.717, 1.165) is 9.75 Å². The van der Waals surface area contributed by atoms with Gasteiger partial charge in [0.1, 0.15) is 0 Å². The van der Waals surface area contributed by atoms with Crippen molar-refractivity contribution < 1.29 is 8.42 Å². The highest BCUT2D eigenvalue weighted by molar-refractivity contribution is 7.89. The summed E-state index contributed by atoms with van der Waals surface area (Å²) in [6.07, 6.45) is 0. The van der Waals surface area contributed by atoms with Crippen LogP contribution in [0.25, 0.3) is 0 Å².